The molecule has 0 bridgehead atoms. The molecule has 7 heteroatoms. The van der Waals surface area contributed by atoms with Crippen LogP contribution in [0.25, 0.3) is 0 Å². The van der Waals surface area contributed by atoms with E-state index < -0.39 is 0 Å². The van der Waals surface area contributed by atoms with Gasteiger partial charge in [0.25, 0.3) is 0 Å². The number of rotatable bonds is 8. The molecule has 2 aromatic rings. The standard InChI is InChI=1S/C23H34N4OS.ClH/c1-3-10-26(19-8-9-20-23(17-19)29-18-24-20)14-11-25-12-15-27(16-13-25)21-6-4-5-7-22(21)28-2;/h4-7,18-19H,3,8-17H2,1-2H3;1H. The molecule has 0 amide bonds. The van der Waals surface area contributed by atoms with Gasteiger partial charge in [0.2, 0.25) is 0 Å². The molecule has 166 valence electrons. The first-order chi connectivity index (χ1) is 14.3. The van der Waals surface area contributed by atoms with Gasteiger partial charge in [-0.2, -0.15) is 0 Å². The van der Waals surface area contributed by atoms with Gasteiger partial charge in [-0.15, -0.1) is 23.7 Å². The molecule has 2 heterocycles. The lowest BCUT2D eigenvalue weighted by atomic mass is 9.96. The van der Waals surface area contributed by atoms with Crippen LogP contribution in [0.5, 0.6) is 5.75 Å². The van der Waals surface area contributed by atoms with Crippen LogP contribution in [0.2, 0.25) is 0 Å². The molecule has 1 unspecified atom stereocenters. The van der Waals surface area contributed by atoms with Gasteiger partial charge in [0.1, 0.15) is 5.75 Å². The van der Waals surface area contributed by atoms with E-state index in [9.17, 15) is 0 Å². The highest BCUT2D eigenvalue weighted by Gasteiger charge is 2.26. The number of methoxy groups -OCH3 is 1. The fourth-order valence-electron chi connectivity index (χ4n) is 4.73. The maximum absolute atomic E-state index is 5.55. The Morgan fingerprint density at radius 2 is 1.97 bits per heavy atom. The van der Waals surface area contributed by atoms with Crippen molar-refractivity contribution in [2.24, 2.45) is 0 Å². The van der Waals surface area contributed by atoms with Gasteiger partial charge in [0.15, 0.2) is 0 Å². The summed E-state index contributed by atoms with van der Waals surface area (Å²) in [5.74, 6) is 0.981. The Labute approximate surface area is 191 Å². The quantitative estimate of drug-likeness (QED) is 0.607. The van der Waals surface area contributed by atoms with Crippen molar-refractivity contribution in [3.8, 4) is 5.75 Å². The van der Waals surface area contributed by atoms with E-state index in [1.54, 1.807) is 7.11 Å². The summed E-state index contributed by atoms with van der Waals surface area (Å²) >= 11 is 1.85. The maximum atomic E-state index is 5.55. The molecule has 2 aliphatic rings. The van der Waals surface area contributed by atoms with Crippen molar-refractivity contribution in [3.05, 3.63) is 40.3 Å². The lowest BCUT2D eigenvalue weighted by Gasteiger charge is -2.39. The minimum atomic E-state index is 0. The van der Waals surface area contributed by atoms with Crippen molar-refractivity contribution < 1.29 is 4.74 Å². The summed E-state index contributed by atoms with van der Waals surface area (Å²) in [5, 5.41) is 0. The molecule has 1 aromatic heterocycles. The van der Waals surface area contributed by atoms with E-state index in [1.807, 2.05) is 22.9 Å². The monoisotopic (exact) mass is 450 g/mol. The van der Waals surface area contributed by atoms with Gasteiger partial charge in [0, 0.05) is 50.2 Å². The minimum absolute atomic E-state index is 0. The number of para-hydroxylation sites is 2. The predicted molar refractivity (Wildman–Crippen MR) is 129 cm³/mol. The van der Waals surface area contributed by atoms with E-state index in [4.69, 9.17) is 4.74 Å². The normalized spacial score (nSPS) is 19.4. The number of halogens is 1. The van der Waals surface area contributed by atoms with Crippen LogP contribution in [-0.4, -0.2) is 73.7 Å². The third-order valence-electron chi connectivity index (χ3n) is 6.39. The Kier molecular flexibility index (Phi) is 8.81. The molecule has 0 radical (unpaired) electrons. The van der Waals surface area contributed by atoms with Crippen molar-refractivity contribution in [2.75, 3.05) is 57.8 Å². The van der Waals surface area contributed by atoms with Gasteiger partial charge in [-0.3, -0.25) is 9.80 Å². The van der Waals surface area contributed by atoms with E-state index in [2.05, 4.69) is 44.8 Å². The van der Waals surface area contributed by atoms with Gasteiger partial charge < -0.3 is 9.64 Å². The maximum Gasteiger partial charge on any atom is 0.142 e. The molecular formula is C23H35ClN4OS. The Morgan fingerprint density at radius 1 is 1.17 bits per heavy atom. The fourth-order valence-corrected chi connectivity index (χ4v) is 5.62. The molecule has 0 spiro atoms. The van der Waals surface area contributed by atoms with Crippen LogP contribution in [-0.2, 0) is 12.8 Å². The van der Waals surface area contributed by atoms with Crippen LogP contribution >= 0.6 is 23.7 Å². The largest absolute Gasteiger partial charge is 0.495 e. The van der Waals surface area contributed by atoms with Crippen LogP contribution in [0.15, 0.2) is 29.8 Å². The van der Waals surface area contributed by atoms with Gasteiger partial charge in [-0.25, -0.2) is 4.98 Å². The first-order valence-corrected chi connectivity index (χ1v) is 11.9. The van der Waals surface area contributed by atoms with Crippen molar-refractivity contribution in [1.29, 1.82) is 0 Å². The molecule has 1 aliphatic carbocycles. The number of ether oxygens (including phenoxy) is 1. The van der Waals surface area contributed by atoms with Crippen molar-refractivity contribution >= 4 is 29.4 Å². The Hall–Kier alpha value is -1.34. The highest BCUT2D eigenvalue weighted by Crippen LogP contribution is 2.29. The summed E-state index contributed by atoms with van der Waals surface area (Å²) in [7, 11) is 1.76. The van der Waals surface area contributed by atoms with Crippen molar-refractivity contribution in [3.63, 3.8) is 0 Å². The number of anilines is 1. The van der Waals surface area contributed by atoms with Gasteiger partial charge in [-0.05, 0) is 44.4 Å². The zero-order chi connectivity index (χ0) is 20.1. The first-order valence-electron chi connectivity index (χ1n) is 11.0. The summed E-state index contributed by atoms with van der Waals surface area (Å²) < 4.78 is 5.55. The average molecular weight is 451 g/mol. The summed E-state index contributed by atoms with van der Waals surface area (Å²) in [6.45, 7) is 10.3. The molecule has 1 saturated heterocycles. The first kappa shape index (κ1) is 23.3. The number of aryl methyl sites for hydroxylation is 1. The van der Waals surface area contributed by atoms with Crippen LogP contribution < -0.4 is 9.64 Å². The topological polar surface area (TPSA) is 31.8 Å². The van der Waals surface area contributed by atoms with Gasteiger partial charge in [-0.1, -0.05) is 19.1 Å². The second-order valence-electron chi connectivity index (χ2n) is 8.16. The minimum Gasteiger partial charge on any atom is -0.495 e. The van der Waals surface area contributed by atoms with Crippen LogP contribution in [0.3, 0.4) is 0 Å². The lowest BCUT2D eigenvalue weighted by molar-refractivity contribution is 0.146. The molecule has 0 saturated carbocycles. The second-order valence-corrected chi connectivity index (χ2v) is 9.09. The molecule has 1 atom stereocenters. The molecule has 1 aliphatic heterocycles. The Morgan fingerprint density at radius 3 is 2.73 bits per heavy atom. The molecule has 0 N–H and O–H groups in total. The van der Waals surface area contributed by atoms with Crippen molar-refractivity contribution in [1.82, 2.24) is 14.8 Å². The Bertz CT molecular complexity index is 778. The third kappa shape index (κ3) is 5.47. The molecule has 5 nitrogen and oxygen atoms in total. The summed E-state index contributed by atoms with van der Waals surface area (Å²) in [5.41, 5.74) is 4.61. The molecule has 30 heavy (non-hydrogen) atoms. The van der Waals surface area contributed by atoms with E-state index in [0.29, 0.717) is 6.04 Å². The van der Waals surface area contributed by atoms with Gasteiger partial charge >= 0.3 is 0 Å². The predicted octanol–water partition coefficient (Wildman–Crippen LogP) is 3.97. The van der Waals surface area contributed by atoms with Crippen LogP contribution in [0, 0.1) is 0 Å². The number of fused-ring (bicyclic) bond motifs is 1. The summed E-state index contributed by atoms with van der Waals surface area (Å²) in [4.78, 5) is 13.9. The summed E-state index contributed by atoms with van der Waals surface area (Å²) in [6.07, 6.45) is 4.84. The number of aromatic nitrogens is 1. The molecular weight excluding hydrogens is 416 g/mol. The number of hydrogen-bond donors (Lipinski definition) is 0. The zero-order valence-electron chi connectivity index (χ0n) is 18.3. The van der Waals surface area contributed by atoms with E-state index in [-0.39, 0.29) is 12.4 Å². The van der Waals surface area contributed by atoms with E-state index in [0.717, 1.165) is 38.3 Å². The van der Waals surface area contributed by atoms with E-state index in [1.165, 1.54) is 55.2 Å². The number of piperazine rings is 1. The third-order valence-corrected chi connectivity index (χ3v) is 7.29. The SMILES string of the molecule is CCCN(CCN1CCN(c2ccccc2OC)CC1)C1CCc2ncsc2C1.Cl. The molecule has 4 rings (SSSR count). The molecule has 1 aromatic carbocycles. The van der Waals surface area contributed by atoms with Crippen LogP contribution in [0.1, 0.15) is 30.3 Å². The zero-order valence-corrected chi connectivity index (χ0v) is 19.9. The van der Waals surface area contributed by atoms with E-state index >= 15 is 0 Å². The van der Waals surface area contributed by atoms with Crippen molar-refractivity contribution in [2.45, 2.75) is 38.6 Å². The highest BCUT2D eigenvalue weighted by atomic mass is 35.5. The van der Waals surface area contributed by atoms with Crippen LogP contribution in [0.4, 0.5) is 5.69 Å². The Balaban J connectivity index is 0.00000256. The molecule has 1 fully saturated rings. The number of benzene rings is 1. The second kappa shape index (κ2) is 11.3. The average Bonchev–Trinajstić information content (AvgIpc) is 3.25. The highest BCUT2D eigenvalue weighted by molar-refractivity contribution is 7.09. The fraction of sp³-hybridized carbons (Fsp3) is 0.609. The number of nitrogens with zero attached hydrogens (tertiary/aromatic N) is 4. The van der Waals surface area contributed by atoms with Gasteiger partial charge in [0.05, 0.1) is 24.0 Å². The lowest BCUT2D eigenvalue weighted by Crippen LogP contribution is -2.50. The smallest absolute Gasteiger partial charge is 0.142 e. The number of thiazole rings is 1. The number of hydrogen-bond acceptors (Lipinski definition) is 6. The summed E-state index contributed by atoms with van der Waals surface area (Å²) in [6, 6.07) is 9.07.